The summed E-state index contributed by atoms with van der Waals surface area (Å²) in [5.41, 5.74) is 0. The van der Waals surface area contributed by atoms with Gasteiger partial charge in [-0.05, 0) is 38.6 Å². The van der Waals surface area contributed by atoms with Crippen LogP contribution in [0, 0.1) is 5.92 Å². The first kappa shape index (κ1) is 12.5. The Bertz CT molecular complexity index is 209. The summed E-state index contributed by atoms with van der Waals surface area (Å²) in [4.78, 5) is 11.8. The molecule has 0 aromatic carbocycles. The number of hydrogen-bond acceptors (Lipinski definition) is 3. The third-order valence-corrected chi connectivity index (χ3v) is 3.00. The first-order valence-electron chi connectivity index (χ1n) is 5.79. The van der Waals surface area contributed by atoms with Gasteiger partial charge in [-0.2, -0.15) is 0 Å². The van der Waals surface area contributed by atoms with E-state index in [9.17, 15) is 4.79 Å². The first-order chi connectivity index (χ1) is 7.15. The second-order valence-electron chi connectivity index (χ2n) is 4.47. The number of rotatable bonds is 4. The lowest BCUT2D eigenvalue weighted by molar-refractivity contribution is -0.125. The molecule has 1 aliphatic rings. The van der Waals surface area contributed by atoms with Crippen molar-refractivity contribution in [1.82, 2.24) is 10.6 Å². The number of aliphatic hydroxyl groups is 1. The Balaban J connectivity index is 2.37. The number of piperidine rings is 1. The lowest BCUT2D eigenvalue weighted by atomic mass is 9.92. The third kappa shape index (κ3) is 3.80. The maximum Gasteiger partial charge on any atom is 0.237 e. The first-order valence-corrected chi connectivity index (χ1v) is 5.79. The predicted octanol–water partition coefficient (Wildman–Crippen LogP) is 0.262. The summed E-state index contributed by atoms with van der Waals surface area (Å²) >= 11 is 0. The minimum Gasteiger partial charge on any atom is -0.396 e. The molecule has 1 aliphatic heterocycles. The Morgan fingerprint density at radius 1 is 1.67 bits per heavy atom. The van der Waals surface area contributed by atoms with E-state index in [1.54, 1.807) is 0 Å². The summed E-state index contributed by atoms with van der Waals surface area (Å²) < 4.78 is 0. The van der Waals surface area contributed by atoms with Crippen LogP contribution < -0.4 is 10.6 Å². The van der Waals surface area contributed by atoms with Gasteiger partial charge in [0.1, 0.15) is 0 Å². The molecule has 1 heterocycles. The highest BCUT2D eigenvalue weighted by Gasteiger charge is 2.27. The normalized spacial score (nSPS) is 28.5. The lowest BCUT2D eigenvalue weighted by Crippen LogP contribution is -2.52. The van der Waals surface area contributed by atoms with E-state index in [2.05, 4.69) is 17.6 Å². The van der Waals surface area contributed by atoms with Crippen molar-refractivity contribution in [1.29, 1.82) is 0 Å². The van der Waals surface area contributed by atoms with Crippen molar-refractivity contribution in [2.45, 2.75) is 45.2 Å². The molecule has 15 heavy (non-hydrogen) atoms. The van der Waals surface area contributed by atoms with Crippen molar-refractivity contribution in [3.63, 3.8) is 0 Å². The lowest BCUT2D eigenvalue weighted by Gasteiger charge is -2.30. The van der Waals surface area contributed by atoms with Gasteiger partial charge < -0.3 is 15.7 Å². The topological polar surface area (TPSA) is 61.4 Å². The monoisotopic (exact) mass is 214 g/mol. The van der Waals surface area contributed by atoms with Gasteiger partial charge in [0.05, 0.1) is 6.04 Å². The minimum absolute atomic E-state index is 0.0541. The van der Waals surface area contributed by atoms with E-state index in [0.29, 0.717) is 12.3 Å². The highest BCUT2D eigenvalue weighted by Crippen LogP contribution is 2.15. The van der Waals surface area contributed by atoms with Gasteiger partial charge in [0.15, 0.2) is 0 Å². The summed E-state index contributed by atoms with van der Waals surface area (Å²) in [6.07, 6.45) is 2.88. The fourth-order valence-electron chi connectivity index (χ4n) is 2.00. The molecule has 1 saturated heterocycles. The number of nitrogens with one attached hydrogen (secondary N) is 2. The molecular formula is C11H22N2O2. The summed E-state index contributed by atoms with van der Waals surface area (Å²) in [7, 11) is 0. The Morgan fingerprint density at radius 2 is 2.40 bits per heavy atom. The van der Waals surface area contributed by atoms with E-state index in [1.807, 2.05) is 6.92 Å². The van der Waals surface area contributed by atoms with Crippen molar-refractivity contribution in [2.75, 3.05) is 13.2 Å². The quantitative estimate of drug-likeness (QED) is 0.629. The summed E-state index contributed by atoms with van der Waals surface area (Å²) in [5, 5.41) is 14.9. The number of hydrogen-bond donors (Lipinski definition) is 3. The van der Waals surface area contributed by atoms with Crippen molar-refractivity contribution in [3.05, 3.63) is 0 Å². The highest BCUT2D eigenvalue weighted by atomic mass is 16.3. The van der Waals surface area contributed by atoms with Crippen LogP contribution in [-0.2, 0) is 4.79 Å². The molecule has 0 radical (unpaired) electrons. The molecule has 0 saturated carbocycles. The van der Waals surface area contributed by atoms with Crippen LogP contribution >= 0.6 is 0 Å². The average Bonchev–Trinajstić information content (AvgIpc) is 2.18. The van der Waals surface area contributed by atoms with Gasteiger partial charge in [-0.15, -0.1) is 0 Å². The van der Waals surface area contributed by atoms with E-state index >= 15 is 0 Å². The molecule has 0 aromatic rings. The van der Waals surface area contributed by atoms with Crippen LogP contribution in [0.2, 0.25) is 0 Å². The van der Waals surface area contributed by atoms with Gasteiger partial charge in [0.25, 0.3) is 0 Å². The molecule has 1 amide bonds. The molecule has 3 unspecified atom stereocenters. The minimum atomic E-state index is -0.0557. The van der Waals surface area contributed by atoms with Crippen LogP contribution in [0.5, 0.6) is 0 Å². The van der Waals surface area contributed by atoms with E-state index in [1.165, 1.54) is 0 Å². The Kier molecular flexibility index (Phi) is 5.05. The van der Waals surface area contributed by atoms with Gasteiger partial charge in [-0.3, -0.25) is 4.79 Å². The van der Waals surface area contributed by atoms with E-state index < -0.39 is 0 Å². The zero-order valence-electron chi connectivity index (χ0n) is 9.62. The second-order valence-corrected chi connectivity index (χ2v) is 4.47. The van der Waals surface area contributed by atoms with E-state index in [4.69, 9.17) is 5.11 Å². The van der Waals surface area contributed by atoms with Crippen LogP contribution in [-0.4, -0.2) is 36.2 Å². The SMILES string of the molecule is CC(CCO)NC(=O)C1NCCCC1C. The number of carbonyl (C=O) groups is 1. The second kappa shape index (κ2) is 6.08. The number of aliphatic hydroxyl groups excluding tert-OH is 1. The third-order valence-electron chi connectivity index (χ3n) is 3.00. The molecule has 1 rings (SSSR count). The van der Waals surface area contributed by atoms with Crippen molar-refractivity contribution in [2.24, 2.45) is 5.92 Å². The van der Waals surface area contributed by atoms with Gasteiger partial charge in [-0.25, -0.2) is 0 Å². The zero-order chi connectivity index (χ0) is 11.3. The fraction of sp³-hybridized carbons (Fsp3) is 0.909. The molecule has 4 nitrogen and oxygen atoms in total. The van der Waals surface area contributed by atoms with Gasteiger partial charge in [0.2, 0.25) is 5.91 Å². The summed E-state index contributed by atoms with van der Waals surface area (Å²) in [6.45, 7) is 5.07. The van der Waals surface area contributed by atoms with Crippen LogP contribution in [0.3, 0.4) is 0 Å². The predicted molar refractivity (Wildman–Crippen MR) is 59.5 cm³/mol. The maximum atomic E-state index is 11.8. The zero-order valence-corrected chi connectivity index (χ0v) is 9.62. The molecule has 0 spiro atoms. The number of carbonyl (C=O) groups excluding carboxylic acids is 1. The highest BCUT2D eigenvalue weighted by molar-refractivity contribution is 5.82. The van der Waals surface area contributed by atoms with Crippen LogP contribution in [0.15, 0.2) is 0 Å². The largest absolute Gasteiger partial charge is 0.396 e. The molecule has 88 valence electrons. The smallest absolute Gasteiger partial charge is 0.237 e. The Hall–Kier alpha value is -0.610. The summed E-state index contributed by atoms with van der Waals surface area (Å²) in [5.74, 6) is 0.475. The molecule has 4 heteroatoms. The van der Waals surface area contributed by atoms with Gasteiger partial charge in [0, 0.05) is 12.6 Å². The number of amides is 1. The summed E-state index contributed by atoms with van der Waals surface area (Å²) in [6, 6.07) is -0.00156. The molecular weight excluding hydrogens is 192 g/mol. The van der Waals surface area contributed by atoms with Crippen molar-refractivity contribution >= 4 is 5.91 Å². The van der Waals surface area contributed by atoms with Crippen molar-refractivity contribution < 1.29 is 9.90 Å². The molecule has 0 aromatic heterocycles. The van der Waals surface area contributed by atoms with E-state index in [-0.39, 0.29) is 24.6 Å². The van der Waals surface area contributed by atoms with Crippen LogP contribution in [0.25, 0.3) is 0 Å². The van der Waals surface area contributed by atoms with Crippen LogP contribution in [0.4, 0.5) is 0 Å². The molecule has 3 N–H and O–H groups in total. The Morgan fingerprint density at radius 3 is 3.00 bits per heavy atom. The molecule has 1 fully saturated rings. The standard InChI is InChI=1S/C11H22N2O2/c1-8-4-3-6-12-10(8)11(15)13-9(2)5-7-14/h8-10,12,14H,3-7H2,1-2H3,(H,13,15). The maximum absolute atomic E-state index is 11.8. The van der Waals surface area contributed by atoms with Crippen LogP contribution in [0.1, 0.15) is 33.1 Å². The Labute approximate surface area is 91.4 Å². The van der Waals surface area contributed by atoms with E-state index in [0.717, 1.165) is 19.4 Å². The molecule has 3 atom stereocenters. The van der Waals surface area contributed by atoms with Crippen molar-refractivity contribution in [3.8, 4) is 0 Å². The fourth-order valence-corrected chi connectivity index (χ4v) is 2.00. The average molecular weight is 214 g/mol. The van der Waals surface area contributed by atoms with Gasteiger partial charge in [-0.1, -0.05) is 6.92 Å². The molecule has 0 bridgehead atoms. The van der Waals surface area contributed by atoms with Gasteiger partial charge >= 0.3 is 0 Å². The molecule has 0 aliphatic carbocycles.